The summed E-state index contributed by atoms with van der Waals surface area (Å²) in [5.74, 6) is 1.16. The van der Waals surface area contributed by atoms with Gasteiger partial charge in [0.2, 0.25) is 0 Å². The van der Waals surface area contributed by atoms with Crippen LogP contribution in [0.2, 0.25) is 0 Å². The smallest absolute Gasteiger partial charge is 0.0230 e. The van der Waals surface area contributed by atoms with E-state index in [9.17, 15) is 0 Å². The Morgan fingerprint density at radius 3 is 2.14 bits per heavy atom. The Morgan fingerprint density at radius 1 is 1.29 bits per heavy atom. The maximum Gasteiger partial charge on any atom is 0.0230 e. The Bertz CT molecular complexity index is 235. The monoisotopic (exact) mass is 194 g/mol. The normalized spacial score (nSPS) is 18.4. The van der Waals surface area contributed by atoms with Crippen LogP contribution in [-0.2, 0) is 0 Å². The molecule has 0 aromatic heterocycles. The van der Waals surface area contributed by atoms with E-state index in [1.54, 1.807) is 6.21 Å². The molecule has 0 bridgehead atoms. The molecule has 0 aromatic rings. The van der Waals surface area contributed by atoms with Crippen molar-refractivity contribution < 1.29 is 0 Å². The second-order valence-corrected chi connectivity index (χ2v) is 4.74. The van der Waals surface area contributed by atoms with Crippen LogP contribution in [0.4, 0.5) is 0 Å². The van der Waals surface area contributed by atoms with E-state index in [1.807, 2.05) is 0 Å². The first-order chi connectivity index (χ1) is 6.56. The van der Waals surface area contributed by atoms with E-state index in [0.29, 0.717) is 17.9 Å². The van der Waals surface area contributed by atoms with Crippen molar-refractivity contribution in [3.63, 3.8) is 0 Å². The lowest BCUT2D eigenvalue weighted by Gasteiger charge is -2.20. The van der Waals surface area contributed by atoms with Gasteiger partial charge in [0.25, 0.3) is 0 Å². The minimum Gasteiger partial charge on any atom is -0.386 e. The van der Waals surface area contributed by atoms with E-state index in [-0.39, 0.29) is 0 Å². The summed E-state index contributed by atoms with van der Waals surface area (Å²) in [6.45, 7) is 8.68. The van der Waals surface area contributed by atoms with Crippen LogP contribution >= 0.6 is 0 Å². The highest BCUT2D eigenvalue weighted by Gasteiger charge is 2.28. The molecule has 1 saturated carbocycles. The fraction of sp³-hybridized carbons (Fsp3) is 0.750. The second kappa shape index (κ2) is 4.63. The lowest BCUT2D eigenvalue weighted by molar-refractivity contribution is 0.579. The predicted molar refractivity (Wildman–Crippen MR) is 61.6 cm³/mol. The fourth-order valence-electron chi connectivity index (χ4n) is 1.70. The average molecular weight is 194 g/mol. The molecule has 80 valence electrons. The van der Waals surface area contributed by atoms with E-state index in [1.165, 1.54) is 24.1 Å². The highest BCUT2D eigenvalue weighted by atomic mass is 14.9. The summed E-state index contributed by atoms with van der Waals surface area (Å²) in [5.41, 5.74) is 2.51. The summed E-state index contributed by atoms with van der Waals surface area (Å²) in [6, 6.07) is 0.459. The van der Waals surface area contributed by atoms with E-state index in [4.69, 9.17) is 5.41 Å². The summed E-state index contributed by atoms with van der Waals surface area (Å²) in [6.07, 6.45) is 4.07. The molecule has 2 heteroatoms. The van der Waals surface area contributed by atoms with Gasteiger partial charge in [-0.05, 0) is 44.1 Å². The summed E-state index contributed by atoms with van der Waals surface area (Å²) in [4.78, 5) is 0. The van der Waals surface area contributed by atoms with Crippen molar-refractivity contribution in [3.05, 3.63) is 11.3 Å². The molecule has 0 radical (unpaired) electrons. The third kappa shape index (κ3) is 2.86. The fourth-order valence-corrected chi connectivity index (χ4v) is 1.70. The zero-order valence-corrected chi connectivity index (χ0v) is 9.72. The largest absolute Gasteiger partial charge is 0.386 e. The molecule has 0 unspecified atom stereocenters. The van der Waals surface area contributed by atoms with Gasteiger partial charge in [0.15, 0.2) is 0 Å². The van der Waals surface area contributed by atoms with Crippen molar-refractivity contribution in [3.8, 4) is 0 Å². The van der Waals surface area contributed by atoms with Crippen LogP contribution in [0.25, 0.3) is 0 Å². The van der Waals surface area contributed by atoms with Gasteiger partial charge in [0.05, 0.1) is 0 Å². The molecule has 1 fully saturated rings. The zero-order valence-electron chi connectivity index (χ0n) is 9.72. The van der Waals surface area contributed by atoms with Crippen molar-refractivity contribution in [2.75, 3.05) is 0 Å². The van der Waals surface area contributed by atoms with Crippen molar-refractivity contribution in [2.24, 2.45) is 11.8 Å². The van der Waals surface area contributed by atoms with Gasteiger partial charge >= 0.3 is 0 Å². The summed E-state index contributed by atoms with van der Waals surface area (Å²) >= 11 is 0. The third-order valence-electron chi connectivity index (χ3n) is 2.51. The predicted octanol–water partition coefficient (Wildman–Crippen LogP) is 2.95. The molecule has 0 spiro atoms. The van der Waals surface area contributed by atoms with Crippen LogP contribution in [0, 0.1) is 17.2 Å². The van der Waals surface area contributed by atoms with Gasteiger partial charge in [0, 0.05) is 18.0 Å². The molecule has 14 heavy (non-hydrogen) atoms. The van der Waals surface area contributed by atoms with E-state index < -0.39 is 0 Å². The molecule has 0 amide bonds. The minimum atomic E-state index is 0.459. The SMILES string of the molecule is CC(C)N/C(=C(\C=N)C1CC1)C(C)C. The number of nitrogens with one attached hydrogen (secondary N) is 2. The molecular formula is C12H22N2. The summed E-state index contributed by atoms with van der Waals surface area (Å²) in [5, 5.41) is 11.0. The second-order valence-electron chi connectivity index (χ2n) is 4.74. The molecular weight excluding hydrogens is 172 g/mol. The average Bonchev–Trinajstić information content (AvgIpc) is 2.86. The van der Waals surface area contributed by atoms with Crippen molar-refractivity contribution in [1.82, 2.24) is 5.32 Å². The quantitative estimate of drug-likeness (QED) is 0.648. The van der Waals surface area contributed by atoms with Crippen LogP contribution in [0.5, 0.6) is 0 Å². The minimum absolute atomic E-state index is 0.459. The van der Waals surface area contributed by atoms with Crippen molar-refractivity contribution in [2.45, 2.75) is 46.6 Å². The Morgan fingerprint density at radius 2 is 1.86 bits per heavy atom. The number of hydrogen-bond acceptors (Lipinski definition) is 2. The lowest BCUT2D eigenvalue weighted by Crippen LogP contribution is -2.27. The van der Waals surface area contributed by atoms with E-state index in [2.05, 4.69) is 33.0 Å². The van der Waals surface area contributed by atoms with Crippen molar-refractivity contribution in [1.29, 1.82) is 5.41 Å². The van der Waals surface area contributed by atoms with Gasteiger partial charge < -0.3 is 10.7 Å². The molecule has 2 nitrogen and oxygen atoms in total. The highest BCUT2D eigenvalue weighted by molar-refractivity contribution is 5.78. The molecule has 2 N–H and O–H groups in total. The molecule has 0 heterocycles. The van der Waals surface area contributed by atoms with Crippen LogP contribution in [0.3, 0.4) is 0 Å². The van der Waals surface area contributed by atoms with Gasteiger partial charge in [-0.15, -0.1) is 0 Å². The molecule has 1 rings (SSSR count). The lowest BCUT2D eigenvalue weighted by atomic mass is 10.0. The van der Waals surface area contributed by atoms with E-state index in [0.717, 1.165) is 0 Å². The maximum absolute atomic E-state index is 7.48. The Balaban J connectivity index is 2.85. The van der Waals surface area contributed by atoms with Gasteiger partial charge in [-0.2, -0.15) is 0 Å². The Labute approximate surface area is 87.3 Å². The Kier molecular flexibility index (Phi) is 3.73. The van der Waals surface area contributed by atoms with E-state index >= 15 is 0 Å². The number of rotatable bonds is 5. The van der Waals surface area contributed by atoms with Gasteiger partial charge in [-0.25, -0.2) is 0 Å². The molecule has 0 aromatic carbocycles. The van der Waals surface area contributed by atoms with Crippen LogP contribution in [0.15, 0.2) is 11.3 Å². The van der Waals surface area contributed by atoms with Crippen molar-refractivity contribution >= 4 is 6.21 Å². The molecule has 0 atom stereocenters. The molecule has 0 saturated heterocycles. The van der Waals surface area contributed by atoms with Gasteiger partial charge in [-0.1, -0.05) is 13.8 Å². The van der Waals surface area contributed by atoms with Crippen LogP contribution < -0.4 is 5.32 Å². The van der Waals surface area contributed by atoms with Crippen LogP contribution in [0.1, 0.15) is 40.5 Å². The van der Waals surface area contributed by atoms with Crippen LogP contribution in [-0.4, -0.2) is 12.3 Å². The highest BCUT2D eigenvalue weighted by Crippen LogP contribution is 2.37. The maximum atomic E-state index is 7.48. The number of allylic oxidation sites excluding steroid dienone is 2. The van der Waals surface area contributed by atoms with Gasteiger partial charge in [0.1, 0.15) is 0 Å². The molecule has 0 aliphatic heterocycles. The third-order valence-corrected chi connectivity index (χ3v) is 2.51. The number of hydrogen-bond donors (Lipinski definition) is 2. The molecule has 1 aliphatic carbocycles. The van der Waals surface area contributed by atoms with Gasteiger partial charge in [-0.3, -0.25) is 0 Å². The Hall–Kier alpha value is -0.790. The summed E-state index contributed by atoms with van der Waals surface area (Å²) < 4.78 is 0. The zero-order chi connectivity index (χ0) is 10.7. The molecule has 1 aliphatic rings. The topological polar surface area (TPSA) is 35.9 Å². The first kappa shape index (κ1) is 11.3. The summed E-state index contributed by atoms with van der Waals surface area (Å²) in [7, 11) is 0. The standard InChI is InChI=1S/C12H22N2/c1-8(2)12(14-9(3)4)11(7-13)10-5-6-10/h7-10,13-14H,5-6H2,1-4H3/b12-11+,13-7?. The first-order valence-corrected chi connectivity index (χ1v) is 5.57. The first-order valence-electron chi connectivity index (χ1n) is 5.57.